The van der Waals surface area contributed by atoms with Crippen LogP contribution in [0.25, 0.3) is 0 Å². The number of halogens is 4. The highest BCUT2D eigenvalue weighted by molar-refractivity contribution is 5.38. The highest BCUT2D eigenvalue weighted by Gasteiger charge is 2.42. The number of benzene rings is 3. The van der Waals surface area contributed by atoms with Crippen molar-refractivity contribution >= 4 is 0 Å². The number of alkyl halides is 2. The maximum absolute atomic E-state index is 15.1. The molecular formula is C33H39F4O2. The summed E-state index contributed by atoms with van der Waals surface area (Å²) < 4.78 is 69.6. The van der Waals surface area contributed by atoms with E-state index in [9.17, 15) is 13.2 Å². The lowest BCUT2D eigenvalue weighted by atomic mass is 10.0. The van der Waals surface area contributed by atoms with Crippen LogP contribution >= 0.6 is 0 Å². The summed E-state index contributed by atoms with van der Waals surface area (Å²) in [6.45, 7) is 4.30. The second kappa shape index (κ2) is 15.5. The van der Waals surface area contributed by atoms with Gasteiger partial charge in [0, 0.05) is 6.07 Å². The molecule has 3 rings (SSSR count). The van der Waals surface area contributed by atoms with Crippen LogP contribution in [0.15, 0.2) is 54.6 Å². The zero-order valence-electron chi connectivity index (χ0n) is 23.0. The lowest BCUT2D eigenvalue weighted by Gasteiger charge is -2.20. The predicted molar refractivity (Wildman–Crippen MR) is 148 cm³/mol. The van der Waals surface area contributed by atoms with E-state index in [2.05, 4.69) is 19.9 Å². The fourth-order valence-corrected chi connectivity index (χ4v) is 4.43. The fourth-order valence-electron chi connectivity index (χ4n) is 4.43. The molecule has 0 bridgehead atoms. The molecule has 0 aliphatic rings. The van der Waals surface area contributed by atoms with Crippen molar-refractivity contribution < 1.29 is 27.0 Å². The molecule has 6 heteroatoms. The molecule has 211 valence electrons. The summed E-state index contributed by atoms with van der Waals surface area (Å²) >= 11 is 0. The van der Waals surface area contributed by atoms with Crippen molar-refractivity contribution in [3.8, 4) is 17.2 Å². The Bertz CT molecular complexity index is 1130. The molecule has 0 aliphatic carbocycles. The molecule has 1 radical (unpaired) electrons. The first kappa shape index (κ1) is 30.5. The van der Waals surface area contributed by atoms with Gasteiger partial charge in [-0.3, -0.25) is 0 Å². The van der Waals surface area contributed by atoms with Crippen molar-refractivity contribution in [3.63, 3.8) is 0 Å². The van der Waals surface area contributed by atoms with Crippen molar-refractivity contribution in [2.45, 2.75) is 97.0 Å². The van der Waals surface area contributed by atoms with Crippen LogP contribution in [0, 0.1) is 17.7 Å². The number of unbranched alkanes of at least 4 members (excludes halogenated alkanes) is 8. The summed E-state index contributed by atoms with van der Waals surface area (Å²) in [5.41, 5.74) is 0.566. The fraction of sp³-hybridized carbons (Fsp3) is 0.455. The Morgan fingerprint density at radius 1 is 0.667 bits per heavy atom. The third-order valence-corrected chi connectivity index (χ3v) is 6.73. The van der Waals surface area contributed by atoms with Crippen molar-refractivity contribution in [3.05, 3.63) is 89.0 Å². The summed E-state index contributed by atoms with van der Waals surface area (Å²) in [5.74, 6) is -3.60. The molecule has 2 nitrogen and oxygen atoms in total. The van der Waals surface area contributed by atoms with Gasteiger partial charge in [-0.2, -0.15) is 8.78 Å². The van der Waals surface area contributed by atoms with Gasteiger partial charge in [-0.25, -0.2) is 8.78 Å². The molecule has 39 heavy (non-hydrogen) atoms. The predicted octanol–water partition coefficient (Wildman–Crippen LogP) is 10.7. The molecule has 0 aromatic heterocycles. The Labute approximate surface area is 230 Å². The van der Waals surface area contributed by atoms with Crippen molar-refractivity contribution in [1.82, 2.24) is 0 Å². The molecule has 0 saturated heterocycles. The number of aryl methyl sites for hydroxylation is 2. The first-order chi connectivity index (χ1) is 18.8. The van der Waals surface area contributed by atoms with Crippen molar-refractivity contribution in [2.75, 3.05) is 0 Å². The maximum atomic E-state index is 15.1. The smallest absolute Gasteiger partial charge is 0.432 e. The van der Waals surface area contributed by atoms with Crippen LogP contribution in [0.1, 0.15) is 94.7 Å². The van der Waals surface area contributed by atoms with Gasteiger partial charge in [0.15, 0.2) is 11.6 Å². The summed E-state index contributed by atoms with van der Waals surface area (Å²) in [5, 5.41) is 0. The quantitative estimate of drug-likeness (QED) is 0.125. The maximum Gasteiger partial charge on any atom is 0.432 e. The van der Waals surface area contributed by atoms with Gasteiger partial charge in [0.25, 0.3) is 0 Å². The lowest BCUT2D eigenvalue weighted by molar-refractivity contribution is -0.189. The largest absolute Gasteiger partial charge is 0.454 e. The third-order valence-electron chi connectivity index (χ3n) is 6.73. The number of hydrogen-bond donors (Lipinski definition) is 0. The third kappa shape index (κ3) is 9.59. The van der Waals surface area contributed by atoms with E-state index in [4.69, 9.17) is 9.47 Å². The van der Waals surface area contributed by atoms with Gasteiger partial charge in [-0.1, -0.05) is 89.5 Å². The minimum atomic E-state index is -4.26. The molecule has 3 aromatic rings. The molecule has 0 saturated carbocycles. The first-order valence-electron chi connectivity index (χ1n) is 14.2. The lowest BCUT2D eigenvalue weighted by Crippen LogP contribution is -2.25. The van der Waals surface area contributed by atoms with Gasteiger partial charge in [-0.05, 0) is 67.1 Å². The topological polar surface area (TPSA) is 18.5 Å². The van der Waals surface area contributed by atoms with Gasteiger partial charge in [-0.15, -0.1) is 0 Å². The summed E-state index contributed by atoms with van der Waals surface area (Å²) in [6.07, 6.45) is 9.22. The van der Waals surface area contributed by atoms with E-state index >= 15 is 4.39 Å². The second-order valence-electron chi connectivity index (χ2n) is 9.99. The van der Waals surface area contributed by atoms with Crippen LogP contribution in [0.3, 0.4) is 0 Å². The van der Waals surface area contributed by atoms with Crippen LogP contribution in [-0.2, 0) is 19.0 Å². The molecule has 0 unspecified atom stereocenters. The van der Waals surface area contributed by atoms with E-state index in [1.165, 1.54) is 50.7 Å². The minimum Gasteiger partial charge on any atom is -0.454 e. The van der Waals surface area contributed by atoms with Crippen LogP contribution in [0.4, 0.5) is 17.6 Å². The Balaban J connectivity index is 1.59. The summed E-state index contributed by atoms with van der Waals surface area (Å²) in [6, 6.07) is 16.0. The Morgan fingerprint density at radius 3 is 1.77 bits per heavy atom. The van der Waals surface area contributed by atoms with Gasteiger partial charge >= 0.3 is 6.11 Å². The first-order valence-corrected chi connectivity index (χ1v) is 14.2. The van der Waals surface area contributed by atoms with Gasteiger partial charge < -0.3 is 9.47 Å². The Morgan fingerprint density at radius 2 is 1.18 bits per heavy atom. The molecule has 0 spiro atoms. The van der Waals surface area contributed by atoms with E-state index in [-0.39, 0.29) is 11.5 Å². The van der Waals surface area contributed by atoms with Gasteiger partial charge in [0.1, 0.15) is 22.9 Å². The molecule has 0 N–H and O–H groups in total. The molecule has 0 heterocycles. The summed E-state index contributed by atoms with van der Waals surface area (Å²) in [4.78, 5) is 0. The average Bonchev–Trinajstić information content (AvgIpc) is 2.92. The second-order valence-corrected chi connectivity index (χ2v) is 9.99. The van der Waals surface area contributed by atoms with Crippen LogP contribution in [-0.4, -0.2) is 0 Å². The van der Waals surface area contributed by atoms with E-state index in [1.807, 2.05) is 12.1 Å². The van der Waals surface area contributed by atoms with Crippen molar-refractivity contribution in [1.29, 1.82) is 0 Å². The molecular weight excluding hydrogens is 504 g/mol. The summed E-state index contributed by atoms with van der Waals surface area (Å²) in [7, 11) is 0. The van der Waals surface area contributed by atoms with E-state index < -0.39 is 29.1 Å². The van der Waals surface area contributed by atoms with Crippen LogP contribution in [0.5, 0.6) is 17.2 Å². The van der Waals surface area contributed by atoms with Gasteiger partial charge in [0.05, 0.1) is 0 Å². The number of rotatable bonds is 17. The SMILES string of the molecule is CCCCCCCCCCc1ccc(OC(F)(F)c2c(F)c[c]c(Oc3ccc(CCCC)cc3)c2F)cc1. The Kier molecular flexibility index (Phi) is 12.2. The van der Waals surface area contributed by atoms with Crippen LogP contribution in [0.2, 0.25) is 0 Å². The number of hydrogen-bond acceptors (Lipinski definition) is 2. The zero-order chi connectivity index (χ0) is 28.1. The highest BCUT2D eigenvalue weighted by atomic mass is 19.3. The zero-order valence-corrected chi connectivity index (χ0v) is 23.0. The van der Waals surface area contributed by atoms with E-state index in [0.717, 1.165) is 49.7 Å². The minimum absolute atomic E-state index is 0.184. The standard InChI is InChI=1S/C33H39F4O2/c1-3-5-7-8-9-10-11-12-14-26-17-21-28(22-18-26)39-33(36,37)31-29(34)23-24-30(32(31)35)38-27-19-15-25(16-20-27)13-6-4-2/h15-23H,3-14H2,1-2H3. The van der Waals surface area contributed by atoms with E-state index in [0.29, 0.717) is 6.07 Å². The average molecular weight is 544 g/mol. The Hall–Kier alpha value is -3.02. The monoisotopic (exact) mass is 543 g/mol. The van der Waals surface area contributed by atoms with E-state index in [1.54, 1.807) is 24.3 Å². The van der Waals surface area contributed by atoms with Crippen LogP contribution < -0.4 is 9.47 Å². The molecule has 3 aromatic carbocycles. The molecule has 0 amide bonds. The van der Waals surface area contributed by atoms with Gasteiger partial charge in [0.2, 0.25) is 0 Å². The molecule has 0 aliphatic heterocycles. The van der Waals surface area contributed by atoms with Crippen molar-refractivity contribution in [2.24, 2.45) is 0 Å². The molecule has 0 atom stereocenters. The normalized spacial score (nSPS) is 11.5. The number of ether oxygens (including phenoxy) is 2. The molecule has 0 fully saturated rings. The highest BCUT2D eigenvalue weighted by Crippen LogP contribution is 2.38.